The molecule has 1 atom stereocenters. The van der Waals surface area contributed by atoms with E-state index in [1.165, 1.54) is 5.56 Å². The molecule has 0 saturated heterocycles. The maximum Gasteiger partial charge on any atom is 0.326 e. The zero-order valence-electron chi connectivity index (χ0n) is 8.95. The van der Waals surface area contributed by atoms with Crippen molar-refractivity contribution in [2.75, 3.05) is 6.54 Å². The summed E-state index contributed by atoms with van der Waals surface area (Å²) in [6, 6.07) is 5.96. The second-order valence-corrected chi connectivity index (χ2v) is 3.90. The molecule has 1 heterocycles. The monoisotopic (exact) mass is 205 g/mol. The van der Waals surface area contributed by atoms with Gasteiger partial charge in [0.25, 0.3) is 0 Å². The molecule has 0 fully saturated rings. The highest BCUT2D eigenvalue weighted by molar-refractivity contribution is 5.76. The molecule has 1 aromatic heterocycles. The van der Waals surface area contributed by atoms with Gasteiger partial charge in [0.15, 0.2) is 0 Å². The van der Waals surface area contributed by atoms with Gasteiger partial charge < -0.3 is 10.7 Å². The molecular weight excluding hydrogens is 190 g/mol. The van der Waals surface area contributed by atoms with Crippen molar-refractivity contribution >= 4 is 11.0 Å². The topological polar surface area (TPSA) is 63.8 Å². The standard InChI is InChI=1S/C11H15N3O/c1-7(6-12)8-3-4-9-10(5-8)14(2)11(15)13-9/h3-5,7H,6,12H2,1-2H3,(H,13,15). The zero-order chi connectivity index (χ0) is 11.0. The van der Waals surface area contributed by atoms with Crippen molar-refractivity contribution in [1.29, 1.82) is 0 Å². The predicted molar refractivity (Wildman–Crippen MR) is 61.0 cm³/mol. The molecule has 0 amide bonds. The van der Waals surface area contributed by atoms with Gasteiger partial charge in [0.2, 0.25) is 0 Å². The van der Waals surface area contributed by atoms with Crippen LogP contribution in [0.5, 0.6) is 0 Å². The van der Waals surface area contributed by atoms with E-state index >= 15 is 0 Å². The van der Waals surface area contributed by atoms with Crippen molar-refractivity contribution in [1.82, 2.24) is 9.55 Å². The smallest absolute Gasteiger partial charge is 0.326 e. The van der Waals surface area contributed by atoms with E-state index in [2.05, 4.69) is 11.9 Å². The summed E-state index contributed by atoms with van der Waals surface area (Å²) >= 11 is 0. The molecule has 2 rings (SSSR count). The van der Waals surface area contributed by atoms with E-state index in [4.69, 9.17) is 5.73 Å². The number of hydrogen-bond donors (Lipinski definition) is 2. The molecule has 80 valence electrons. The van der Waals surface area contributed by atoms with E-state index in [1.807, 2.05) is 18.2 Å². The molecule has 0 aliphatic rings. The van der Waals surface area contributed by atoms with Crippen LogP contribution in [-0.2, 0) is 7.05 Å². The first-order valence-corrected chi connectivity index (χ1v) is 5.02. The molecule has 0 aliphatic carbocycles. The second kappa shape index (κ2) is 3.55. The Morgan fingerprint density at radius 1 is 1.53 bits per heavy atom. The van der Waals surface area contributed by atoms with Crippen LogP contribution in [0.1, 0.15) is 18.4 Å². The number of benzene rings is 1. The van der Waals surface area contributed by atoms with E-state index in [9.17, 15) is 4.79 Å². The van der Waals surface area contributed by atoms with Gasteiger partial charge in [0, 0.05) is 7.05 Å². The number of nitrogens with one attached hydrogen (secondary N) is 1. The molecular formula is C11H15N3O. The SMILES string of the molecule is CC(CN)c1ccc2[nH]c(=O)n(C)c2c1. The average molecular weight is 205 g/mol. The first-order valence-electron chi connectivity index (χ1n) is 5.02. The molecule has 1 unspecified atom stereocenters. The fourth-order valence-corrected chi connectivity index (χ4v) is 1.68. The van der Waals surface area contributed by atoms with Gasteiger partial charge in [-0.15, -0.1) is 0 Å². The number of H-pyrrole nitrogens is 1. The van der Waals surface area contributed by atoms with E-state index < -0.39 is 0 Å². The second-order valence-electron chi connectivity index (χ2n) is 3.90. The highest BCUT2D eigenvalue weighted by atomic mass is 16.1. The number of nitrogens with zero attached hydrogens (tertiary/aromatic N) is 1. The molecule has 0 saturated carbocycles. The van der Waals surface area contributed by atoms with Crippen LogP contribution in [0.4, 0.5) is 0 Å². The third-order valence-electron chi connectivity index (χ3n) is 2.85. The normalized spacial score (nSPS) is 13.3. The lowest BCUT2D eigenvalue weighted by Crippen LogP contribution is -2.12. The summed E-state index contributed by atoms with van der Waals surface area (Å²) in [6.07, 6.45) is 0. The van der Waals surface area contributed by atoms with Gasteiger partial charge in [-0.2, -0.15) is 0 Å². The van der Waals surface area contributed by atoms with Crippen LogP contribution in [0, 0.1) is 0 Å². The van der Waals surface area contributed by atoms with Crippen molar-refractivity contribution in [3.63, 3.8) is 0 Å². The molecule has 0 radical (unpaired) electrons. The molecule has 3 N–H and O–H groups in total. The summed E-state index contributed by atoms with van der Waals surface area (Å²) in [5, 5.41) is 0. The van der Waals surface area contributed by atoms with Gasteiger partial charge >= 0.3 is 5.69 Å². The molecule has 4 heteroatoms. The third-order valence-corrected chi connectivity index (χ3v) is 2.85. The van der Waals surface area contributed by atoms with Crippen molar-refractivity contribution in [2.45, 2.75) is 12.8 Å². The maximum atomic E-state index is 11.4. The third kappa shape index (κ3) is 1.57. The van der Waals surface area contributed by atoms with Gasteiger partial charge in [0.05, 0.1) is 11.0 Å². The summed E-state index contributed by atoms with van der Waals surface area (Å²) < 4.78 is 1.61. The molecule has 0 aliphatic heterocycles. The highest BCUT2D eigenvalue weighted by Crippen LogP contribution is 2.18. The van der Waals surface area contributed by atoms with Crippen molar-refractivity contribution in [2.24, 2.45) is 12.8 Å². The Labute approximate surface area is 87.7 Å². The summed E-state index contributed by atoms with van der Waals surface area (Å²) in [4.78, 5) is 14.2. The largest absolute Gasteiger partial charge is 0.330 e. The number of fused-ring (bicyclic) bond motifs is 1. The van der Waals surface area contributed by atoms with Gasteiger partial charge in [-0.05, 0) is 30.2 Å². The minimum Gasteiger partial charge on any atom is -0.330 e. The Morgan fingerprint density at radius 3 is 2.93 bits per heavy atom. The number of rotatable bonds is 2. The predicted octanol–water partition coefficient (Wildman–Crippen LogP) is 0.929. The summed E-state index contributed by atoms with van der Waals surface area (Å²) in [6.45, 7) is 2.69. The van der Waals surface area contributed by atoms with Gasteiger partial charge in [0.1, 0.15) is 0 Å². The van der Waals surface area contributed by atoms with E-state index in [-0.39, 0.29) is 5.69 Å². The summed E-state index contributed by atoms with van der Waals surface area (Å²) in [5.41, 5.74) is 8.50. The van der Waals surface area contributed by atoms with Gasteiger partial charge in [-0.1, -0.05) is 13.0 Å². The summed E-state index contributed by atoms with van der Waals surface area (Å²) in [5.74, 6) is 0.319. The Balaban J connectivity index is 2.64. The van der Waals surface area contributed by atoms with Crippen molar-refractivity contribution in [3.8, 4) is 0 Å². The lowest BCUT2D eigenvalue weighted by Gasteiger charge is -2.08. The van der Waals surface area contributed by atoms with Crippen LogP contribution in [0.2, 0.25) is 0 Å². The van der Waals surface area contributed by atoms with E-state index in [0.29, 0.717) is 12.5 Å². The van der Waals surface area contributed by atoms with Gasteiger partial charge in [-0.3, -0.25) is 4.57 Å². The fourth-order valence-electron chi connectivity index (χ4n) is 1.68. The Hall–Kier alpha value is -1.55. The quantitative estimate of drug-likeness (QED) is 0.766. The molecule has 0 spiro atoms. The molecule has 0 bridgehead atoms. The van der Waals surface area contributed by atoms with E-state index in [0.717, 1.165) is 11.0 Å². The van der Waals surface area contributed by atoms with Crippen LogP contribution < -0.4 is 11.4 Å². The highest BCUT2D eigenvalue weighted by Gasteiger charge is 2.07. The van der Waals surface area contributed by atoms with Crippen molar-refractivity contribution in [3.05, 3.63) is 34.2 Å². The van der Waals surface area contributed by atoms with E-state index in [1.54, 1.807) is 11.6 Å². The van der Waals surface area contributed by atoms with Gasteiger partial charge in [-0.25, -0.2) is 4.79 Å². The first kappa shape index (κ1) is 9.98. The lowest BCUT2D eigenvalue weighted by molar-refractivity contribution is 0.774. The lowest BCUT2D eigenvalue weighted by atomic mass is 10.0. The number of aryl methyl sites for hydroxylation is 1. The minimum atomic E-state index is -0.0810. The van der Waals surface area contributed by atoms with Crippen LogP contribution in [0.15, 0.2) is 23.0 Å². The molecule has 2 aromatic rings. The Kier molecular flexibility index (Phi) is 2.36. The number of aromatic nitrogens is 2. The van der Waals surface area contributed by atoms with Crippen LogP contribution >= 0.6 is 0 Å². The number of hydrogen-bond acceptors (Lipinski definition) is 2. The fraction of sp³-hybridized carbons (Fsp3) is 0.364. The number of aromatic amines is 1. The Bertz CT molecular complexity index is 538. The zero-order valence-corrected chi connectivity index (χ0v) is 8.95. The van der Waals surface area contributed by atoms with Crippen LogP contribution in [0.3, 0.4) is 0 Å². The Morgan fingerprint density at radius 2 is 2.27 bits per heavy atom. The summed E-state index contributed by atoms with van der Waals surface area (Å²) in [7, 11) is 1.76. The minimum absolute atomic E-state index is 0.0810. The van der Waals surface area contributed by atoms with Crippen LogP contribution in [0.25, 0.3) is 11.0 Å². The average Bonchev–Trinajstić information content (AvgIpc) is 2.54. The van der Waals surface area contributed by atoms with Crippen LogP contribution in [-0.4, -0.2) is 16.1 Å². The molecule has 1 aromatic carbocycles. The van der Waals surface area contributed by atoms with Crippen molar-refractivity contribution < 1.29 is 0 Å². The number of nitrogens with two attached hydrogens (primary N) is 1. The first-order chi connectivity index (χ1) is 7.13. The number of imidazole rings is 1. The maximum absolute atomic E-state index is 11.4. The molecule has 15 heavy (non-hydrogen) atoms. The molecule has 4 nitrogen and oxygen atoms in total.